The van der Waals surface area contributed by atoms with Crippen molar-refractivity contribution < 1.29 is 4.79 Å². The van der Waals surface area contributed by atoms with Crippen molar-refractivity contribution in [2.75, 3.05) is 0 Å². The van der Waals surface area contributed by atoms with E-state index in [1.165, 1.54) is 12.8 Å². The summed E-state index contributed by atoms with van der Waals surface area (Å²) in [4.78, 5) is 14.9. The molecule has 2 rings (SSSR count). The Balaban J connectivity index is 2.21. The Kier molecular flexibility index (Phi) is 1.90. The van der Waals surface area contributed by atoms with Crippen LogP contribution in [0.2, 0.25) is 0 Å². The number of aldehydes is 1. The molecule has 0 radical (unpaired) electrons. The number of hydrogen-bond donors (Lipinski definition) is 0. The van der Waals surface area contributed by atoms with Gasteiger partial charge >= 0.3 is 0 Å². The van der Waals surface area contributed by atoms with Gasteiger partial charge in [-0.25, -0.2) is 0 Å². The van der Waals surface area contributed by atoms with Gasteiger partial charge in [-0.3, -0.25) is 4.98 Å². The molecule has 0 amide bonds. The summed E-state index contributed by atoms with van der Waals surface area (Å²) >= 11 is 0. The second kappa shape index (κ2) is 3.05. The van der Waals surface area contributed by atoms with Crippen LogP contribution in [0.15, 0.2) is 24.4 Å². The molecular weight excluding hydrogens is 150 g/mol. The lowest BCUT2D eigenvalue weighted by Gasteiger charge is -2.06. The number of carbonyl (C=O) groups excluding carboxylic acids is 1. The summed E-state index contributed by atoms with van der Waals surface area (Å²) in [6.45, 7) is 0. The molecule has 62 valence electrons. The fraction of sp³-hybridized carbons (Fsp3) is 0.400. The summed E-state index contributed by atoms with van der Waals surface area (Å²) < 4.78 is 0. The smallest absolute Gasteiger partial charge is 0.129 e. The van der Waals surface area contributed by atoms with Crippen molar-refractivity contribution in [3.63, 3.8) is 0 Å². The maximum absolute atomic E-state index is 10.7. The quantitative estimate of drug-likeness (QED) is 0.632. The molecule has 1 saturated carbocycles. The molecule has 0 aromatic carbocycles. The maximum atomic E-state index is 10.7. The average Bonchev–Trinajstić information content (AvgIpc) is 2.92. The molecule has 0 aliphatic heterocycles. The van der Waals surface area contributed by atoms with Gasteiger partial charge in [0.05, 0.1) is 11.6 Å². The first kappa shape index (κ1) is 7.47. The Morgan fingerprint density at radius 3 is 2.83 bits per heavy atom. The van der Waals surface area contributed by atoms with Gasteiger partial charge in [-0.1, -0.05) is 6.07 Å². The van der Waals surface area contributed by atoms with Crippen LogP contribution in [0.5, 0.6) is 0 Å². The van der Waals surface area contributed by atoms with Crippen LogP contribution >= 0.6 is 0 Å². The highest BCUT2D eigenvalue weighted by Gasteiger charge is 2.32. The lowest BCUT2D eigenvalue weighted by molar-refractivity contribution is -0.109. The molecule has 1 aliphatic rings. The molecular formula is C10H11NO. The molecule has 1 fully saturated rings. The van der Waals surface area contributed by atoms with Crippen LogP contribution in [0.4, 0.5) is 0 Å². The zero-order chi connectivity index (χ0) is 8.39. The third-order valence-electron chi connectivity index (χ3n) is 2.31. The lowest BCUT2D eigenvalue weighted by Crippen LogP contribution is -2.04. The third-order valence-corrected chi connectivity index (χ3v) is 2.31. The van der Waals surface area contributed by atoms with Crippen LogP contribution in [-0.4, -0.2) is 11.3 Å². The van der Waals surface area contributed by atoms with Crippen molar-refractivity contribution in [2.24, 2.45) is 5.92 Å². The van der Waals surface area contributed by atoms with Crippen molar-refractivity contribution in [3.8, 4) is 0 Å². The molecule has 1 aromatic heterocycles. The fourth-order valence-corrected chi connectivity index (χ4v) is 1.45. The van der Waals surface area contributed by atoms with Crippen LogP contribution in [0.25, 0.3) is 0 Å². The van der Waals surface area contributed by atoms with Gasteiger partial charge in [-0.2, -0.15) is 0 Å². The van der Waals surface area contributed by atoms with Gasteiger partial charge in [-0.05, 0) is 30.9 Å². The number of rotatable bonds is 3. The molecule has 2 heteroatoms. The highest BCUT2D eigenvalue weighted by atomic mass is 16.1. The number of nitrogens with zero attached hydrogens (tertiary/aromatic N) is 1. The Labute approximate surface area is 71.6 Å². The number of pyridine rings is 1. The molecule has 1 atom stereocenters. The third kappa shape index (κ3) is 1.37. The van der Waals surface area contributed by atoms with E-state index in [4.69, 9.17) is 0 Å². The number of hydrogen-bond acceptors (Lipinski definition) is 2. The summed E-state index contributed by atoms with van der Waals surface area (Å²) in [6.07, 6.45) is 5.13. The molecule has 1 aromatic rings. The lowest BCUT2D eigenvalue weighted by atomic mass is 10.0. The van der Waals surface area contributed by atoms with E-state index >= 15 is 0 Å². The second-order valence-corrected chi connectivity index (χ2v) is 3.25. The minimum absolute atomic E-state index is 0.0474. The van der Waals surface area contributed by atoms with E-state index in [-0.39, 0.29) is 5.92 Å². The predicted molar refractivity (Wildman–Crippen MR) is 45.8 cm³/mol. The first-order valence-corrected chi connectivity index (χ1v) is 4.28. The van der Waals surface area contributed by atoms with Crippen molar-refractivity contribution in [3.05, 3.63) is 30.1 Å². The molecule has 2 nitrogen and oxygen atoms in total. The van der Waals surface area contributed by atoms with Gasteiger partial charge in [-0.15, -0.1) is 0 Å². The van der Waals surface area contributed by atoms with Crippen molar-refractivity contribution in [2.45, 2.75) is 18.8 Å². The summed E-state index contributed by atoms with van der Waals surface area (Å²) in [5.74, 6) is 0.614. The van der Waals surface area contributed by atoms with Crippen LogP contribution in [0.1, 0.15) is 24.5 Å². The van der Waals surface area contributed by atoms with Crippen molar-refractivity contribution in [1.82, 2.24) is 4.98 Å². The van der Waals surface area contributed by atoms with E-state index in [1.807, 2.05) is 18.2 Å². The molecule has 1 aliphatic carbocycles. The van der Waals surface area contributed by atoms with E-state index in [0.29, 0.717) is 5.92 Å². The van der Waals surface area contributed by atoms with E-state index in [9.17, 15) is 4.79 Å². The van der Waals surface area contributed by atoms with E-state index in [1.54, 1.807) is 6.20 Å². The Morgan fingerprint density at radius 2 is 2.33 bits per heavy atom. The highest BCUT2D eigenvalue weighted by Crippen LogP contribution is 2.40. The van der Waals surface area contributed by atoms with Crippen LogP contribution < -0.4 is 0 Å². The zero-order valence-electron chi connectivity index (χ0n) is 6.81. The minimum atomic E-state index is 0.0474. The molecule has 0 spiro atoms. The van der Waals surface area contributed by atoms with Crippen LogP contribution in [0.3, 0.4) is 0 Å². The molecule has 1 unspecified atom stereocenters. The van der Waals surface area contributed by atoms with Crippen molar-refractivity contribution in [1.29, 1.82) is 0 Å². The Morgan fingerprint density at radius 1 is 1.50 bits per heavy atom. The van der Waals surface area contributed by atoms with Crippen molar-refractivity contribution >= 4 is 6.29 Å². The van der Waals surface area contributed by atoms with Gasteiger partial charge in [0, 0.05) is 6.20 Å². The van der Waals surface area contributed by atoms with Crippen LogP contribution in [-0.2, 0) is 4.79 Å². The summed E-state index contributed by atoms with van der Waals surface area (Å²) in [5, 5.41) is 0. The highest BCUT2D eigenvalue weighted by molar-refractivity contribution is 5.62. The Bertz CT molecular complexity index is 266. The van der Waals surface area contributed by atoms with Gasteiger partial charge in [0.25, 0.3) is 0 Å². The first-order chi connectivity index (χ1) is 5.92. The summed E-state index contributed by atoms with van der Waals surface area (Å²) in [6, 6.07) is 5.73. The van der Waals surface area contributed by atoms with E-state index in [0.717, 1.165) is 12.0 Å². The molecule has 0 N–H and O–H groups in total. The first-order valence-electron chi connectivity index (χ1n) is 4.28. The zero-order valence-corrected chi connectivity index (χ0v) is 6.81. The van der Waals surface area contributed by atoms with Crippen LogP contribution in [0, 0.1) is 5.92 Å². The van der Waals surface area contributed by atoms with E-state index < -0.39 is 0 Å². The molecule has 0 bridgehead atoms. The minimum Gasteiger partial charge on any atom is -0.303 e. The van der Waals surface area contributed by atoms with Gasteiger partial charge < -0.3 is 4.79 Å². The standard InChI is InChI=1S/C10H11NO/c12-7-9(8-4-5-8)10-3-1-2-6-11-10/h1-3,6-9H,4-5H2. The molecule has 12 heavy (non-hydrogen) atoms. The normalized spacial score (nSPS) is 18.7. The predicted octanol–water partition coefficient (Wildman–Crippen LogP) is 1.77. The van der Waals surface area contributed by atoms with Gasteiger partial charge in [0.15, 0.2) is 0 Å². The van der Waals surface area contributed by atoms with Gasteiger partial charge in [0.1, 0.15) is 6.29 Å². The molecule has 0 saturated heterocycles. The van der Waals surface area contributed by atoms with Gasteiger partial charge in [0.2, 0.25) is 0 Å². The van der Waals surface area contributed by atoms with E-state index in [2.05, 4.69) is 4.98 Å². The maximum Gasteiger partial charge on any atom is 0.129 e. The summed E-state index contributed by atoms with van der Waals surface area (Å²) in [5.41, 5.74) is 0.926. The Hall–Kier alpha value is -1.18. The summed E-state index contributed by atoms with van der Waals surface area (Å²) in [7, 11) is 0. The number of carbonyl (C=O) groups is 1. The SMILES string of the molecule is O=CC(c1ccccn1)C1CC1. The topological polar surface area (TPSA) is 30.0 Å². The molecule has 1 heterocycles. The fourth-order valence-electron chi connectivity index (χ4n) is 1.45. The second-order valence-electron chi connectivity index (χ2n) is 3.25. The largest absolute Gasteiger partial charge is 0.303 e. The number of aromatic nitrogens is 1. The monoisotopic (exact) mass is 161 g/mol. The average molecular weight is 161 g/mol.